The van der Waals surface area contributed by atoms with Gasteiger partial charge in [0.2, 0.25) is 0 Å². The molecule has 0 bridgehead atoms. The van der Waals surface area contributed by atoms with Crippen LogP contribution in [0.1, 0.15) is 26.3 Å². The van der Waals surface area contributed by atoms with Crippen LogP contribution in [0.2, 0.25) is 0 Å². The lowest BCUT2D eigenvalue weighted by atomic mass is 9.87. The first-order valence-corrected chi connectivity index (χ1v) is 7.22. The molecule has 22 heavy (non-hydrogen) atoms. The summed E-state index contributed by atoms with van der Waals surface area (Å²) in [7, 11) is 1.57. The van der Waals surface area contributed by atoms with Gasteiger partial charge in [-0.2, -0.15) is 0 Å². The van der Waals surface area contributed by atoms with Gasteiger partial charge in [0.1, 0.15) is 5.75 Å². The molecule has 4 heteroatoms. The molecule has 0 aromatic heterocycles. The van der Waals surface area contributed by atoms with Crippen LogP contribution in [0.4, 0.5) is 16.2 Å². The van der Waals surface area contributed by atoms with Crippen molar-refractivity contribution in [2.45, 2.75) is 26.2 Å². The zero-order valence-electron chi connectivity index (χ0n) is 13.4. The summed E-state index contributed by atoms with van der Waals surface area (Å²) >= 11 is 0. The molecule has 116 valence electrons. The largest absolute Gasteiger partial charge is 0.495 e. The van der Waals surface area contributed by atoms with E-state index in [2.05, 4.69) is 31.4 Å². The van der Waals surface area contributed by atoms with Crippen LogP contribution in [0, 0.1) is 0 Å². The lowest BCUT2D eigenvalue weighted by Gasteiger charge is -2.19. The first-order valence-electron chi connectivity index (χ1n) is 7.22. The maximum Gasteiger partial charge on any atom is 0.323 e. The number of hydrogen-bond acceptors (Lipinski definition) is 2. The number of hydrogen-bond donors (Lipinski definition) is 2. The van der Waals surface area contributed by atoms with Crippen molar-refractivity contribution in [2.75, 3.05) is 17.7 Å². The number of methoxy groups -OCH3 is 1. The molecule has 0 unspecified atom stereocenters. The van der Waals surface area contributed by atoms with E-state index in [9.17, 15) is 4.79 Å². The summed E-state index contributed by atoms with van der Waals surface area (Å²) in [6, 6.07) is 14.9. The van der Waals surface area contributed by atoms with Gasteiger partial charge in [-0.25, -0.2) is 4.79 Å². The van der Waals surface area contributed by atoms with Crippen LogP contribution in [-0.2, 0) is 5.41 Å². The minimum Gasteiger partial charge on any atom is -0.495 e. The maximum atomic E-state index is 12.1. The van der Waals surface area contributed by atoms with Gasteiger partial charge in [0.25, 0.3) is 0 Å². The Balaban J connectivity index is 2.03. The van der Waals surface area contributed by atoms with Gasteiger partial charge in [0.05, 0.1) is 12.8 Å². The lowest BCUT2D eigenvalue weighted by molar-refractivity contribution is 0.262. The van der Waals surface area contributed by atoms with Crippen molar-refractivity contribution in [1.82, 2.24) is 0 Å². The van der Waals surface area contributed by atoms with Gasteiger partial charge in [-0.15, -0.1) is 0 Å². The molecule has 0 saturated heterocycles. The average Bonchev–Trinajstić information content (AvgIpc) is 2.47. The molecule has 2 rings (SSSR count). The van der Waals surface area contributed by atoms with Crippen molar-refractivity contribution >= 4 is 17.4 Å². The second kappa shape index (κ2) is 6.52. The third-order valence-corrected chi connectivity index (χ3v) is 3.36. The topological polar surface area (TPSA) is 50.4 Å². The number of carbonyl (C=O) groups is 1. The van der Waals surface area contributed by atoms with Crippen molar-refractivity contribution in [3.63, 3.8) is 0 Å². The third kappa shape index (κ3) is 4.01. The summed E-state index contributed by atoms with van der Waals surface area (Å²) in [4.78, 5) is 12.1. The van der Waals surface area contributed by atoms with Gasteiger partial charge in [0.15, 0.2) is 0 Å². The molecule has 0 aliphatic rings. The van der Waals surface area contributed by atoms with E-state index in [0.717, 1.165) is 5.69 Å². The quantitative estimate of drug-likeness (QED) is 0.867. The van der Waals surface area contributed by atoms with Gasteiger partial charge in [-0.05, 0) is 35.2 Å². The Bertz CT molecular complexity index is 643. The normalized spacial score (nSPS) is 10.9. The van der Waals surface area contributed by atoms with Gasteiger partial charge in [0, 0.05) is 5.69 Å². The lowest BCUT2D eigenvalue weighted by Crippen LogP contribution is -2.20. The van der Waals surface area contributed by atoms with Crippen LogP contribution in [0.15, 0.2) is 48.5 Å². The number of rotatable bonds is 3. The molecule has 0 heterocycles. The Hall–Kier alpha value is -2.49. The predicted molar refractivity (Wildman–Crippen MR) is 90.8 cm³/mol. The summed E-state index contributed by atoms with van der Waals surface area (Å²) in [6.45, 7) is 6.47. The zero-order chi connectivity index (χ0) is 16.2. The maximum absolute atomic E-state index is 12.1. The van der Waals surface area contributed by atoms with E-state index in [-0.39, 0.29) is 11.4 Å². The second-order valence-electron chi connectivity index (χ2n) is 6.11. The highest BCUT2D eigenvalue weighted by molar-refractivity contribution is 6.00. The van der Waals surface area contributed by atoms with E-state index in [1.807, 2.05) is 36.4 Å². The van der Waals surface area contributed by atoms with Crippen molar-refractivity contribution in [3.8, 4) is 5.75 Å². The number of carbonyl (C=O) groups excluding carboxylic acids is 1. The Morgan fingerprint density at radius 2 is 1.59 bits per heavy atom. The van der Waals surface area contributed by atoms with Crippen molar-refractivity contribution in [3.05, 3.63) is 54.1 Å². The molecule has 0 fully saturated rings. The molecule has 0 radical (unpaired) electrons. The monoisotopic (exact) mass is 298 g/mol. The molecule has 2 N–H and O–H groups in total. The van der Waals surface area contributed by atoms with Gasteiger partial charge < -0.3 is 15.4 Å². The number of nitrogens with one attached hydrogen (secondary N) is 2. The second-order valence-corrected chi connectivity index (χ2v) is 6.11. The molecule has 2 aromatic rings. The standard InChI is InChI=1S/C18H22N2O2/c1-18(2,3)13-9-11-14(12-10-13)19-17(21)20-15-7-5-6-8-16(15)22-4/h5-12H,1-4H3,(H2,19,20,21). The average molecular weight is 298 g/mol. The minimum absolute atomic E-state index is 0.0954. The SMILES string of the molecule is COc1ccccc1NC(=O)Nc1ccc(C(C)(C)C)cc1. The van der Waals surface area contributed by atoms with Crippen LogP contribution in [-0.4, -0.2) is 13.1 Å². The van der Waals surface area contributed by atoms with Crippen LogP contribution in [0.5, 0.6) is 5.75 Å². The molecular formula is C18H22N2O2. The Morgan fingerprint density at radius 3 is 2.18 bits per heavy atom. The smallest absolute Gasteiger partial charge is 0.323 e. The highest BCUT2D eigenvalue weighted by Gasteiger charge is 2.13. The zero-order valence-corrected chi connectivity index (χ0v) is 13.4. The minimum atomic E-state index is -0.298. The van der Waals surface area contributed by atoms with Crippen LogP contribution >= 0.6 is 0 Å². The fourth-order valence-corrected chi connectivity index (χ4v) is 2.09. The molecule has 0 aliphatic carbocycles. The molecule has 4 nitrogen and oxygen atoms in total. The third-order valence-electron chi connectivity index (χ3n) is 3.36. The summed E-state index contributed by atoms with van der Waals surface area (Å²) < 4.78 is 5.21. The molecule has 0 atom stereocenters. The highest BCUT2D eigenvalue weighted by atomic mass is 16.5. The summed E-state index contributed by atoms with van der Waals surface area (Å²) in [5.74, 6) is 0.626. The van der Waals surface area contributed by atoms with E-state index < -0.39 is 0 Å². The van der Waals surface area contributed by atoms with E-state index in [1.165, 1.54) is 5.56 Å². The number of urea groups is 1. The summed E-state index contributed by atoms with van der Waals surface area (Å²) in [5, 5.41) is 5.59. The predicted octanol–water partition coefficient (Wildman–Crippen LogP) is 4.64. The first kappa shape index (κ1) is 15.9. The first-order chi connectivity index (χ1) is 10.4. The Kier molecular flexibility index (Phi) is 4.71. The van der Waals surface area contributed by atoms with Crippen molar-refractivity contribution < 1.29 is 9.53 Å². The van der Waals surface area contributed by atoms with E-state index in [0.29, 0.717) is 11.4 Å². The molecule has 0 aliphatic heterocycles. The van der Waals surface area contributed by atoms with Crippen LogP contribution in [0.3, 0.4) is 0 Å². The molecule has 0 spiro atoms. The molecular weight excluding hydrogens is 276 g/mol. The van der Waals surface area contributed by atoms with Crippen LogP contribution < -0.4 is 15.4 Å². The van der Waals surface area contributed by atoms with E-state index in [4.69, 9.17) is 4.74 Å². The number of anilines is 2. The Labute approximate surface area is 131 Å². The number of amides is 2. The number of benzene rings is 2. The van der Waals surface area contributed by atoms with E-state index >= 15 is 0 Å². The molecule has 0 saturated carbocycles. The summed E-state index contributed by atoms with van der Waals surface area (Å²) in [6.07, 6.45) is 0. The van der Waals surface area contributed by atoms with Crippen molar-refractivity contribution in [2.24, 2.45) is 0 Å². The van der Waals surface area contributed by atoms with Gasteiger partial charge in [-0.1, -0.05) is 45.0 Å². The summed E-state index contributed by atoms with van der Waals surface area (Å²) in [5.41, 5.74) is 2.70. The fourth-order valence-electron chi connectivity index (χ4n) is 2.09. The van der Waals surface area contributed by atoms with Crippen molar-refractivity contribution in [1.29, 1.82) is 0 Å². The van der Waals surface area contributed by atoms with E-state index in [1.54, 1.807) is 19.2 Å². The fraction of sp³-hybridized carbons (Fsp3) is 0.278. The van der Waals surface area contributed by atoms with Gasteiger partial charge >= 0.3 is 6.03 Å². The Morgan fingerprint density at radius 1 is 0.955 bits per heavy atom. The molecule has 2 aromatic carbocycles. The molecule has 2 amide bonds. The van der Waals surface area contributed by atoms with Crippen LogP contribution in [0.25, 0.3) is 0 Å². The highest BCUT2D eigenvalue weighted by Crippen LogP contribution is 2.25. The van der Waals surface area contributed by atoms with Gasteiger partial charge in [-0.3, -0.25) is 0 Å². The number of ether oxygens (including phenoxy) is 1. The number of para-hydroxylation sites is 2.